The van der Waals surface area contributed by atoms with Gasteiger partial charge in [-0.25, -0.2) is 0 Å². The highest BCUT2D eigenvalue weighted by atomic mass is 32.1. The average Bonchev–Trinajstić information content (AvgIpc) is 2.66. The van der Waals surface area contributed by atoms with Crippen LogP contribution in [0, 0.1) is 13.8 Å². The van der Waals surface area contributed by atoms with Crippen molar-refractivity contribution in [1.29, 1.82) is 0 Å². The molecule has 100 valence electrons. The lowest BCUT2D eigenvalue weighted by molar-refractivity contribution is -0.140. The number of carboxylic acids is 1. The summed E-state index contributed by atoms with van der Waals surface area (Å²) in [6, 6.07) is 1.83. The zero-order chi connectivity index (χ0) is 13.1. The molecule has 1 aromatic heterocycles. The van der Waals surface area contributed by atoms with Crippen molar-refractivity contribution in [3.8, 4) is 0 Å². The quantitative estimate of drug-likeness (QED) is 0.879. The number of carbonyl (C=O) groups is 1. The average molecular weight is 267 g/mol. The summed E-state index contributed by atoms with van der Waals surface area (Å²) in [5.74, 6) is -0.763. The lowest BCUT2D eigenvalue weighted by atomic mass is 9.94. The maximum Gasteiger partial charge on any atom is 0.325 e. The third kappa shape index (κ3) is 3.12. The predicted molar refractivity (Wildman–Crippen MR) is 74.2 cm³/mol. The second-order valence-corrected chi connectivity index (χ2v) is 6.60. The van der Waals surface area contributed by atoms with E-state index < -0.39 is 12.0 Å². The summed E-state index contributed by atoms with van der Waals surface area (Å²) in [6.07, 6.45) is 5.92. The van der Waals surface area contributed by atoms with Gasteiger partial charge in [0, 0.05) is 15.8 Å². The van der Waals surface area contributed by atoms with Crippen molar-refractivity contribution in [2.75, 3.05) is 0 Å². The van der Waals surface area contributed by atoms with E-state index in [1.54, 1.807) is 11.3 Å². The first kappa shape index (κ1) is 13.6. The zero-order valence-corrected chi connectivity index (χ0v) is 11.8. The molecule has 1 aliphatic rings. The molecule has 1 fully saturated rings. The summed E-state index contributed by atoms with van der Waals surface area (Å²) in [6.45, 7) is 4.03. The molecule has 0 aromatic carbocycles. The van der Waals surface area contributed by atoms with Crippen LogP contribution in [0.4, 0.5) is 0 Å². The van der Waals surface area contributed by atoms with Gasteiger partial charge in [0.25, 0.3) is 0 Å². The minimum absolute atomic E-state index is 0.361. The van der Waals surface area contributed by atoms with E-state index in [2.05, 4.69) is 5.32 Å². The Kier molecular flexibility index (Phi) is 4.40. The van der Waals surface area contributed by atoms with Gasteiger partial charge >= 0.3 is 5.97 Å². The molecule has 1 unspecified atom stereocenters. The number of nitrogens with one attached hydrogen (secondary N) is 1. The molecule has 0 aliphatic heterocycles. The summed E-state index contributed by atoms with van der Waals surface area (Å²) >= 11 is 1.67. The number of aryl methyl sites for hydroxylation is 2. The molecular formula is C14H21NO2S. The molecule has 2 N–H and O–H groups in total. The van der Waals surface area contributed by atoms with Gasteiger partial charge in [-0.15, -0.1) is 11.3 Å². The van der Waals surface area contributed by atoms with E-state index >= 15 is 0 Å². The molecule has 1 atom stereocenters. The van der Waals surface area contributed by atoms with Gasteiger partial charge in [0.1, 0.15) is 6.04 Å². The van der Waals surface area contributed by atoms with E-state index in [0.29, 0.717) is 6.04 Å². The number of hydrogen-bond acceptors (Lipinski definition) is 3. The molecule has 1 aromatic rings. The summed E-state index contributed by atoms with van der Waals surface area (Å²) in [5, 5.41) is 12.8. The number of rotatable bonds is 4. The van der Waals surface area contributed by atoms with Gasteiger partial charge in [-0.05, 0) is 38.3 Å². The van der Waals surface area contributed by atoms with Gasteiger partial charge in [-0.3, -0.25) is 10.1 Å². The van der Waals surface area contributed by atoms with Crippen molar-refractivity contribution >= 4 is 17.3 Å². The fourth-order valence-corrected chi connectivity index (χ4v) is 3.70. The van der Waals surface area contributed by atoms with Crippen LogP contribution in [-0.4, -0.2) is 17.1 Å². The molecule has 18 heavy (non-hydrogen) atoms. The highest BCUT2D eigenvalue weighted by molar-refractivity contribution is 7.12. The van der Waals surface area contributed by atoms with Crippen LogP contribution < -0.4 is 5.32 Å². The topological polar surface area (TPSA) is 49.3 Å². The van der Waals surface area contributed by atoms with Gasteiger partial charge in [-0.1, -0.05) is 19.3 Å². The molecule has 2 rings (SSSR count). The summed E-state index contributed by atoms with van der Waals surface area (Å²) in [7, 11) is 0. The van der Waals surface area contributed by atoms with Gasteiger partial charge < -0.3 is 5.11 Å². The second-order valence-electron chi connectivity index (χ2n) is 5.14. The van der Waals surface area contributed by atoms with Crippen LogP contribution >= 0.6 is 11.3 Å². The predicted octanol–water partition coefficient (Wildman–Crippen LogP) is 3.41. The van der Waals surface area contributed by atoms with Gasteiger partial charge in [0.15, 0.2) is 0 Å². The van der Waals surface area contributed by atoms with Crippen molar-refractivity contribution in [2.24, 2.45) is 0 Å². The Morgan fingerprint density at radius 2 is 2.06 bits per heavy atom. The fourth-order valence-electron chi connectivity index (χ4n) is 2.74. The first-order chi connectivity index (χ1) is 8.58. The van der Waals surface area contributed by atoms with Crippen LogP contribution in [0.1, 0.15) is 53.5 Å². The normalized spacial score (nSPS) is 18.8. The van der Waals surface area contributed by atoms with E-state index in [9.17, 15) is 9.90 Å². The molecule has 1 saturated carbocycles. The van der Waals surface area contributed by atoms with Crippen molar-refractivity contribution < 1.29 is 9.90 Å². The summed E-state index contributed by atoms with van der Waals surface area (Å²) < 4.78 is 0. The largest absolute Gasteiger partial charge is 0.480 e. The number of aliphatic carboxylic acids is 1. The Balaban J connectivity index is 2.12. The first-order valence-electron chi connectivity index (χ1n) is 6.63. The fraction of sp³-hybridized carbons (Fsp3) is 0.643. The molecule has 0 spiro atoms. The van der Waals surface area contributed by atoms with E-state index in [1.165, 1.54) is 24.1 Å². The smallest absolute Gasteiger partial charge is 0.325 e. The van der Waals surface area contributed by atoms with Crippen molar-refractivity contribution in [3.63, 3.8) is 0 Å². The lowest BCUT2D eigenvalue weighted by Gasteiger charge is -2.26. The minimum Gasteiger partial charge on any atom is -0.480 e. The zero-order valence-electron chi connectivity index (χ0n) is 11.0. The van der Waals surface area contributed by atoms with Crippen LogP contribution in [0.25, 0.3) is 0 Å². The van der Waals surface area contributed by atoms with E-state index in [0.717, 1.165) is 23.3 Å². The standard InChI is InChI=1S/C14H21NO2S/c1-9-8-12(10(2)18-9)13(14(16)17)15-11-6-4-3-5-7-11/h8,11,13,15H,3-7H2,1-2H3,(H,16,17). The van der Waals surface area contributed by atoms with Crippen LogP contribution in [0.3, 0.4) is 0 Å². The summed E-state index contributed by atoms with van der Waals surface area (Å²) in [4.78, 5) is 13.8. The molecule has 3 nitrogen and oxygen atoms in total. The molecule has 4 heteroatoms. The molecule has 0 saturated heterocycles. The van der Waals surface area contributed by atoms with E-state index in [1.807, 2.05) is 19.9 Å². The third-order valence-corrected chi connectivity index (χ3v) is 4.63. The third-order valence-electron chi connectivity index (χ3n) is 3.64. The molecule has 0 bridgehead atoms. The van der Waals surface area contributed by atoms with Crippen LogP contribution in [0.5, 0.6) is 0 Å². The Labute approximate surface area is 112 Å². The SMILES string of the molecule is Cc1cc(C(NC2CCCCC2)C(=O)O)c(C)s1. The van der Waals surface area contributed by atoms with Crippen molar-refractivity contribution in [1.82, 2.24) is 5.32 Å². The van der Waals surface area contributed by atoms with Crippen LogP contribution in [0.15, 0.2) is 6.07 Å². The first-order valence-corrected chi connectivity index (χ1v) is 7.45. The number of carboxylic acid groups (broad SMARTS) is 1. The maximum atomic E-state index is 11.5. The molecule has 1 aliphatic carbocycles. The van der Waals surface area contributed by atoms with Gasteiger partial charge in [-0.2, -0.15) is 0 Å². The second kappa shape index (κ2) is 5.85. The molecule has 0 amide bonds. The molecule has 1 heterocycles. The monoisotopic (exact) mass is 267 g/mol. The van der Waals surface area contributed by atoms with E-state index in [-0.39, 0.29) is 0 Å². The van der Waals surface area contributed by atoms with Crippen LogP contribution in [-0.2, 0) is 4.79 Å². The van der Waals surface area contributed by atoms with Crippen molar-refractivity contribution in [3.05, 3.63) is 21.4 Å². The molecule has 0 radical (unpaired) electrons. The highest BCUT2D eigenvalue weighted by Crippen LogP contribution is 2.28. The van der Waals surface area contributed by atoms with Gasteiger partial charge in [0.05, 0.1) is 0 Å². The lowest BCUT2D eigenvalue weighted by Crippen LogP contribution is -2.38. The summed E-state index contributed by atoms with van der Waals surface area (Å²) in [5.41, 5.74) is 0.940. The van der Waals surface area contributed by atoms with E-state index in [4.69, 9.17) is 0 Å². The number of hydrogen-bond donors (Lipinski definition) is 2. The Hall–Kier alpha value is -0.870. The maximum absolute atomic E-state index is 11.5. The Morgan fingerprint density at radius 3 is 2.56 bits per heavy atom. The highest BCUT2D eigenvalue weighted by Gasteiger charge is 2.26. The van der Waals surface area contributed by atoms with Gasteiger partial charge in [0.2, 0.25) is 0 Å². The Morgan fingerprint density at radius 1 is 1.39 bits per heavy atom. The Bertz CT molecular complexity index is 421. The number of thiophene rings is 1. The van der Waals surface area contributed by atoms with Crippen LogP contribution in [0.2, 0.25) is 0 Å². The van der Waals surface area contributed by atoms with Crippen molar-refractivity contribution in [2.45, 2.75) is 58.0 Å². The minimum atomic E-state index is -0.763. The molecular weight excluding hydrogens is 246 g/mol.